The lowest BCUT2D eigenvalue weighted by atomic mass is 10.2. The van der Waals surface area contributed by atoms with Crippen molar-refractivity contribution in [1.82, 2.24) is 0 Å². The second kappa shape index (κ2) is 3.31. The molecule has 90 valence electrons. The van der Waals surface area contributed by atoms with Crippen LogP contribution < -0.4 is 0 Å². The Morgan fingerprint density at radius 1 is 0.933 bits per heavy atom. The maximum absolute atomic E-state index is 5.92. The van der Waals surface area contributed by atoms with Gasteiger partial charge in [0.15, 0.2) is 0 Å². The van der Waals surface area contributed by atoms with Crippen molar-refractivity contribution in [1.29, 1.82) is 0 Å². The Hall–Kier alpha value is 0.137. The summed E-state index contributed by atoms with van der Waals surface area (Å²) in [6.07, 6.45) is 0. The molecule has 0 bridgehead atoms. The van der Waals surface area contributed by atoms with E-state index in [9.17, 15) is 0 Å². The van der Waals surface area contributed by atoms with E-state index in [-0.39, 0.29) is 15.1 Å². The van der Waals surface area contributed by atoms with E-state index in [1.54, 1.807) is 0 Å². The van der Waals surface area contributed by atoms with Crippen LogP contribution in [-0.2, 0) is 9.46 Å². The summed E-state index contributed by atoms with van der Waals surface area (Å²) in [4.78, 5) is 5.39. The van der Waals surface area contributed by atoms with Crippen LogP contribution in [0.15, 0.2) is 0 Å². The average molecular weight is 230 g/mol. The Bertz CT molecular complexity index is 231. The van der Waals surface area contributed by atoms with Gasteiger partial charge in [0, 0.05) is 5.04 Å². The van der Waals surface area contributed by atoms with Crippen molar-refractivity contribution in [2.24, 2.45) is 0 Å². The van der Waals surface area contributed by atoms with Gasteiger partial charge in [-0.3, -0.25) is 4.58 Å². The summed E-state index contributed by atoms with van der Waals surface area (Å²) >= 11 is 0. The van der Waals surface area contributed by atoms with E-state index in [4.69, 9.17) is 9.46 Å². The highest BCUT2D eigenvalue weighted by atomic mass is 28.4. The number of hydrogen-bond acceptors (Lipinski definition) is 2. The zero-order chi connectivity index (χ0) is 12.1. The minimum atomic E-state index is -1.99. The molecule has 1 rings (SSSR count). The van der Waals surface area contributed by atoms with Crippen LogP contribution in [0.3, 0.4) is 0 Å². The highest BCUT2D eigenvalue weighted by Gasteiger charge is 2.68. The fourth-order valence-electron chi connectivity index (χ4n) is 3.88. The quantitative estimate of drug-likeness (QED) is 0.457. The van der Waals surface area contributed by atoms with Gasteiger partial charge in [-0.25, -0.2) is 4.89 Å². The maximum atomic E-state index is 5.92. The van der Waals surface area contributed by atoms with Crippen molar-refractivity contribution in [2.45, 2.75) is 70.5 Å². The third-order valence-electron chi connectivity index (χ3n) is 3.67. The van der Waals surface area contributed by atoms with E-state index in [1.165, 1.54) is 0 Å². The van der Waals surface area contributed by atoms with E-state index >= 15 is 0 Å². The Morgan fingerprint density at radius 3 is 1.47 bits per heavy atom. The Labute approximate surface area is 95.4 Å². The third kappa shape index (κ3) is 1.69. The predicted octanol–water partition coefficient (Wildman–Crippen LogP) is 4.27. The van der Waals surface area contributed by atoms with E-state index in [2.05, 4.69) is 55.4 Å². The van der Waals surface area contributed by atoms with Gasteiger partial charge in [0.1, 0.15) is 0 Å². The molecule has 1 saturated heterocycles. The summed E-state index contributed by atoms with van der Waals surface area (Å²) < 4.78 is 5.92. The molecule has 0 spiro atoms. The summed E-state index contributed by atoms with van der Waals surface area (Å²) in [6, 6.07) is 0. The highest BCUT2D eigenvalue weighted by Crippen LogP contribution is 2.65. The summed E-state index contributed by atoms with van der Waals surface area (Å²) in [6.45, 7) is 19.1. The first-order valence-corrected chi connectivity index (χ1v) is 7.67. The minimum absolute atomic E-state index is 0.170. The number of hydrogen-bond donors (Lipinski definition) is 0. The minimum Gasteiger partial charge on any atom is -0.285 e. The van der Waals surface area contributed by atoms with Gasteiger partial charge in [-0.05, 0) is 10.1 Å². The molecule has 1 heterocycles. The number of rotatable bonds is 0. The van der Waals surface area contributed by atoms with Crippen LogP contribution in [0.4, 0.5) is 0 Å². The first kappa shape index (κ1) is 13.2. The lowest BCUT2D eigenvalue weighted by Gasteiger charge is -2.52. The summed E-state index contributed by atoms with van der Waals surface area (Å²) in [7, 11) is -1.99. The molecule has 0 aromatic heterocycles. The standard InChI is InChI=1S/C12H26O2Si/c1-10(2,3)15(11(4,5)6)12(7,8)9-13-14-15/h9H2,1-8H3. The van der Waals surface area contributed by atoms with Crippen molar-refractivity contribution in [3.8, 4) is 0 Å². The van der Waals surface area contributed by atoms with Crippen molar-refractivity contribution in [3.05, 3.63) is 0 Å². The molecule has 0 saturated carbocycles. The molecular formula is C12H26O2Si. The van der Waals surface area contributed by atoms with Crippen LogP contribution in [-0.4, -0.2) is 14.9 Å². The molecule has 0 unspecified atom stereocenters. The van der Waals surface area contributed by atoms with Gasteiger partial charge in [-0.2, -0.15) is 0 Å². The molecule has 1 fully saturated rings. The molecule has 0 aliphatic carbocycles. The second-order valence-electron chi connectivity index (χ2n) is 7.41. The molecule has 3 heteroatoms. The van der Waals surface area contributed by atoms with Crippen LogP contribution in [0.1, 0.15) is 55.4 Å². The Kier molecular flexibility index (Phi) is 2.92. The van der Waals surface area contributed by atoms with Crippen molar-refractivity contribution in [3.63, 3.8) is 0 Å². The molecule has 0 radical (unpaired) electrons. The van der Waals surface area contributed by atoms with E-state index in [0.717, 1.165) is 6.61 Å². The smallest absolute Gasteiger partial charge is 0.257 e. The summed E-state index contributed by atoms with van der Waals surface area (Å²) in [5, 5.41) is 0.542. The van der Waals surface area contributed by atoms with Crippen LogP contribution in [0, 0.1) is 0 Å². The van der Waals surface area contributed by atoms with Gasteiger partial charge in [-0.15, -0.1) is 0 Å². The fraction of sp³-hybridized carbons (Fsp3) is 1.00. The predicted molar refractivity (Wildman–Crippen MR) is 66.3 cm³/mol. The van der Waals surface area contributed by atoms with Gasteiger partial charge < -0.3 is 0 Å². The summed E-state index contributed by atoms with van der Waals surface area (Å²) in [5.41, 5.74) is 0. The van der Waals surface area contributed by atoms with Gasteiger partial charge in [0.2, 0.25) is 0 Å². The first-order chi connectivity index (χ1) is 6.46. The zero-order valence-electron chi connectivity index (χ0n) is 11.5. The normalized spacial score (nSPS) is 25.6. The van der Waals surface area contributed by atoms with Crippen molar-refractivity contribution >= 4 is 8.32 Å². The van der Waals surface area contributed by atoms with Crippen LogP contribution in [0.2, 0.25) is 15.1 Å². The largest absolute Gasteiger partial charge is 0.285 e. The lowest BCUT2D eigenvalue weighted by Crippen LogP contribution is -2.58. The molecule has 15 heavy (non-hydrogen) atoms. The molecule has 0 atom stereocenters. The molecule has 1 aliphatic rings. The first-order valence-electron chi connectivity index (χ1n) is 5.76. The van der Waals surface area contributed by atoms with Gasteiger partial charge in [0.05, 0.1) is 6.61 Å². The van der Waals surface area contributed by atoms with Gasteiger partial charge in [0.25, 0.3) is 8.32 Å². The molecule has 0 N–H and O–H groups in total. The van der Waals surface area contributed by atoms with Crippen molar-refractivity contribution in [2.75, 3.05) is 6.61 Å². The zero-order valence-corrected chi connectivity index (χ0v) is 12.5. The molecule has 0 aromatic rings. The lowest BCUT2D eigenvalue weighted by molar-refractivity contribution is -0.197. The molecular weight excluding hydrogens is 204 g/mol. The Morgan fingerprint density at radius 2 is 1.33 bits per heavy atom. The maximum Gasteiger partial charge on any atom is 0.257 e. The van der Waals surface area contributed by atoms with Crippen LogP contribution in [0.5, 0.6) is 0 Å². The van der Waals surface area contributed by atoms with Crippen LogP contribution >= 0.6 is 0 Å². The average Bonchev–Trinajstić information content (AvgIpc) is 2.21. The van der Waals surface area contributed by atoms with E-state index < -0.39 is 8.32 Å². The topological polar surface area (TPSA) is 18.5 Å². The van der Waals surface area contributed by atoms with E-state index in [1.807, 2.05) is 0 Å². The molecule has 2 nitrogen and oxygen atoms in total. The van der Waals surface area contributed by atoms with Crippen molar-refractivity contribution < 1.29 is 9.46 Å². The van der Waals surface area contributed by atoms with Gasteiger partial charge in [-0.1, -0.05) is 55.4 Å². The van der Waals surface area contributed by atoms with E-state index in [0.29, 0.717) is 0 Å². The second-order valence-corrected chi connectivity index (χ2v) is 13.3. The van der Waals surface area contributed by atoms with Gasteiger partial charge >= 0.3 is 0 Å². The SMILES string of the molecule is CC(C)(C)[Si]1(C(C)(C)C)OOCC1(C)C. The monoisotopic (exact) mass is 230 g/mol. The molecule has 0 amide bonds. The molecule has 1 aliphatic heterocycles. The summed E-state index contributed by atoms with van der Waals surface area (Å²) in [5.74, 6) is 0. The third-order valence-corrected chi connectivity index (χ3v) is 10.3. The van der Waals surface area contributed by atoms with Crippen LogP contribution in [0.25, 0.3) is 0 Å². The Balaban J connectivity index is 3.33. The highest BCUT2D eigenvalue weighted by molar-refractivity contribution is 6.82. The molecule has 0 aromatic carbocycles. The fourth-order valence-corrected chi connectivity index (χ4v) is 11.4.